The number of halogens is 1. The topological polar surface area (TPSA) is 67.6 Å². The fraction of sp³-hybridized carbons (Fsp3) is 0.385. The van der Waals surface area contributed by atoms with Crippen LogP contribution in [0.15, 0.2) is 18.2 Å². The summed E-state index contributed by atoms with van der Waals surface area (Å²) in [6, 6.07) is 5.47. The predicted molar refractivity (Wildman–Crippen MR) is 83.5 cm³/mol. The molecule has 1 aromatic rings. The molecular weight excluding hydrogens is 298 g/mol. The smallest absolute Gasteiger partial charge is 0.407 e. The van der Waals surface area contributed by atoms with Crippen molar-refractivity contribution in [2.45, 2.75) is 12.5 Å². The molecule has 7 heteroatoms. The molecule has 1 saturated heterocycles. The minimum atomic E-state index is -0.419. The number of nitrogens with zero attached hydrogens (tertiary/aromatic N) is 1. The van der Waals surface area contributed by atoms with Gasteiger partial charge in [-0.05, 0) is 24.6 Å². The number of nitrogens with one attached hydrogen (secondary N) is 1. The molecule has 1 aliphatic rings. The van der Waals surface area contributed by atoms with E-state index in [1.165, 1.54) is 7.11 Å². The van der Waals surface area contributed by atoms with Crippen LogP contribution in [0.2, 0.25) is 5.02 Å². The Labute approximate surface area is 128 Å². The lowest BCUT2D eigenvalue weighted by molar-refractivity contribution is 0.167. The monoisotopic (exact) mass is 313 g/mol. The summed E-state index contributed by atoms with van der Waals surface area (Å²) in [5.41, 5.74) is 7.44. The third kappa shape index (κ3) is 3.32. The predicted octanol–water partition coefficient (Wildman–Crippen LogP) is 1.91. The third-order valence-electron chi connectivity index (χ3n) is 3.26. The number of amides is 1. The Kier molecular flexibility index (Phi) is 4.67. The van der Waals surface area contributed by atoms with Crippen molar-refractivity contribution in [1.82, 2.24) is 5.32 Å². The van der Waals surface area contributed by atoms with E-state index in [1.54, 1.807) is 6.07 Å². The number of ether oxygens (including phenoxy) is 1. The summed E-state index contributed by atoms with van der Waals surface area (Å²) in [4.78, 5) is 13.7. The van der Waals surface area contributed by atoms with Crippen LogP contribution in [0.3, 0.4) is 0 Å². The van der Waals surface area contributed by atoms with Gasteiger partial charge in [-0.3, -0.25) is 0 Å². The normalized spacial score (nSPS) is 17.9. The van der Waals surface area contributed by atoms with E-state index in [1.807, 2.05) is 12.1 Å². The summed E-state index contributed by atoms with van der Waals surface area (Å²) in [6.07, 6.45) is 0.413. The molecule has 1 fully saturated rings. The Balaban J connectivity index is 2.15. The number of rotatable bonds is 3. The van der Waals surface area contributed by atoms with E-state index >= 15 is 0 Å². The largest absolute Gasteiger partial charge is 0.453 e. The Morgan fingerprint density at radius 3 is 3.00 bits per heavy atom. The van der Waals surface area contributed by atoms with Crippen molar-refractivity contribution in [2.75, 3.05) is 25.1 Å². The molecule has 0 saturated carbocycles. The number of carbonyl (C=O) groups excluding carboxylic acids is 1. The van der Waals surface area contributed by atoms with Crippen molar-refractivity contribution in [1.29, 1.82) is 0 Å². The minimum absolute atomic E-state index is 0.0422. The highest BCUT2D eigenvalue weighted by atomic mass is 35.5. The molecule has 3 N–H and O–H groups in total. The summed E-state index contributed by atoms with van der Waals surface area (Å²) >= 11 is 11.1. The van der Waals surface area contributed by atoms with Gasteiger partial charge in [0.05, 0.1) is 13.2 Å². The zero-order chi connectivity index (χ0) is 14.7. The molecule has 20 heavy (non-hydrogen) atoms. The van der Waals surface area contributed by atoms with Crippen LogP contribution in [0.5, 0.6) is 0 Å². The van der Waals surface area contributed by atoms with E-state index in [-0.39, 0.29) is 6.04 Å². The van der Waals surface area contributed by atoms with E-state index in [9.17, 15) is 4.79 Å². The summed E-state index contributed by atoms with van der Waals surface area (Å²) in [6.45, 7) is 1.47. The number of thiocarbonyl (C=S) groups is 1. The second-order valence-electron chi connectivity index (χ2n) is 4.59. The van der Waals surface area contributed by atoms with Crippen LogP contribution >= 0.6 is 23.8 Å². The summed E-state index contributed by atoms with van der Waals surface area (Å²) in [7, 11) is 1.35. The molecule has 2 rings (SSSR count). The molecule has 0 spiro atoms. The lowest BCUT2D eigenvalue weighted by Crippen LogP contribution is -2.37. The Bertz CT molecular complexity index is 538. The minimum Gasteiger partial charge on any atom is -0.453 e. The number of anilines is 1. The van der Waals surface area contributed by atoms with E-state index in [4.69, 9.17) is 29.6 Å². The third-order valence-corrected chi connectivity index (χ3v) is 3.72. The van der Waals surface area contributed by atoms with Crippen LogP contribution in [-0.4, -0.2) is 37.3 Å². The van der Waals surface area contributed by atoms with E-state index in [0.717, 1.165) is 24.2 Å². The van der Waals surface area contributed by atoms with Gasteiger partial charge in [0.2, 0.25) is 0 Å². The molecule has 1 aromatic carbocycles. The maximum Gasteiger partial charge on any atom is 0.407 e. The fourth-order valence-corrected chi connectivity index (χ4v) is 2.64. The van der Waals surface area contributed by atoms with Crippen molar-refractivity contribution in [2.24, 2.45) is 5.73 Å². The number of alkyl carbamates (subject to hydrolysis) is 1. The number of carbonyl (C=O) groups is 1. The van der Waals surface area contributed by atoms with Gasteiger partial charge in [0, 0.05) is 29.4 Å². The lowest BCUT2D eigenvalue weighted by atomic mass is 10.1. The molecule has 0 bridgehead atoms. The zero-order valence-electron chi connectivity index (χ0n) is 11.1. The molecule has 5 nitrogen and oxygen atoms in total. The average molecular weight is 314 g/mol. The molecule has 108 valence electrons. The van der Waals surface area contributed by atoms with Crippen LogP contribution in [0.4, 0.5) is 10.5 Å². The van der Waals surface area contributed by atoms with Gasteiger partial charge in [0.1, 0.15) is 4.99 Å². The van der Waals surface area contributed by atoms with Gasteiger partial charge in [-0.2, -0.15) is 0 Å². The van der Waals surface area contributed by atoms with Crippen LogP contribution in [-0.2, 0) is 4.74 Å². The zero-order valence-corrected chi connectivity index (χ0v) is 12.6. The lowest BCUT2D eigenvalue weighted by Gasteiger charge is -2.22. The van der Waals surface area contributed by atoms with Gasteiger partial charge in [0.25, 0.3) is 0 Å². The van der Waals surface area contributed by atoms with Crippen molar-refractivity contribution < 1.29 is 9.53 Å². The highest BCUT2D eigenvalue weighted by Crippen LogP contribution is 2.28. The second kappa shape index (κ2) is 6.28. The van der Waals surface area contributed by atoms with E-state index in [2.05, 4.69) is 15.0 Å². The molecular formula is C13H16ClN3O2S. The fourth-order valence-electron chi connectivity index (χ4n) is 2.30. The van der Waals surface area contributed by atoms with Crippen molar-refractivity contribution in [3.8, 4) is 0 Å². The first kappa shape index (κ1) is 14.9. The SMILES string of the molecule is COC(=O)NC1CCN(c2cc(Cl)ccc2C(N)=S)C1. The van der Waals surface area contributed by atoms with E-state index < -0.39 is 6.09 Å². The molecule has 1 heterocycles. The van der Waals surface area contributed by atoms with E-state index in [0.29, 0.717) is 16.6 Å². The molecule has 1 amide bonds. The summed E-state index contributed by atoms with van der Waals surface area (Å²) in [5, 5.41) is 3.42. The highest BCUT2D eigenvalue weighted by molar-refractivity contribution is 7.80. The molecule has 1 aliphatic heterocycles. The number of hydrogen-bond acceptors (Lipinski definition) is 4. The van der Waals surface area contributed by atoms with Crippen molar-refractivity contribution >= 4 is 40.6 Å². The molecule has 1 unspecified atom stereocenters. The maximum absolute atomic E-state index is 11.2. The molecule has 1 atom stereocenters. The number of benzene rings is 1. The first-order chi connectivity index (χ1) is 9.51. The molecule has 0 radical (unpaired) electrons. The number of hydrogen-bond donors (Lipinski definition) is 2. The van der Waals surface area contributed by atoms with Crippen molar-refractivity contribution in [3.63, 3.8) is 0 Å². The maximum atomic E-state index is 11.2. The van der Waals surface area contributed by atoms with Gasteiger partial charge in [0.15, 0.2) is 0 Å². The highest BCUT2D eigenvalue weighted by Gasteiger charge is 2.26. The number of nitrogens with two attached hydrogens (primary N) is 1. The van der Waals surface area contributed by atoms with Crippen LogP contribution in [0.1, 0.15) is 12.0 Å². The number of methoxy groups -OCH3 is 1. The molecule has 0 aromatic heterocycles. The molecule has 0 aliphatic carbocycles. The van der Waals surface area contributed by atoms with Crippen LogP contribution in [0, 0.1) is 0 Å². The standard InChI is InChI=1S/C13H16ClN3O2S/c1-19-13(18)16-9-4-5-17(7-9)11-6-8(14)2-3-10(11)12(15)20/h2-3,6,9H,4-5,7H2,1H3,(H2,15,20)(H,16,18). The first-order valence-electron chi connectivity index (χ1n) is 6.20. The quantitative estimate of drug-likeness (QED) is 0.834. The Hall–Kier alpha value is -1.53. The van der Waals surface area contributed by atoms with Crippen LogP contribution in [0.25, 0.3) is 0 Å². The van der Waals surface area contributed by atoms with Crippen molar-refractivity contribution in [3.05, 3.63) is 28.8 Å². The average Bonchev–Trinajstić information content (AvgIpc) is 2.86. The van der Waals surface area contributed by atoms with Gasteiger partial charge >= 0.3 is 6.09 Å². The van der Waals surface area contributed by atoms with Gasteiger partial charge < -0.3 is 20.7 Å². The van der Waals surface area contributed by atoms with Gasteiger partial charge in [-0.15, -0.1) is 0 Å². The van der Waals surface area contributed by atoms with Gasteiger partial charge in [-0.1, -0.05) is 23.8 Å². The Morgan fingerprint density at radius 1 is 1.60 bits per heavy atom. The van der Waals surface area contributed by atoms with Gasteiger partial charge in [-0.25, -0.2) is 4.79 Å². The van der Waals surface area contributed by atoms with Crippen LogP contribution < -0.4 is 16.0 Å². The Morgan fingerprint density at radius 2 is 2.35 bits per heavy atom. The first-order valence-corrected chi connectivity index (χ1v) is 6.98. The summed E-state index contributed by atoms with van der Waals surface area (Å²) < 4.78 is 4.60. The summed E-state index contributed by atoms with van der Waals surface area (Å²) in [5.74, 6) is 0. The second-order valence-corrected chi connectivity index (χ2v) is 5.47.